The first-order valence-corrected chi connectivity index (χ1v) is 6.52. The van der Waals surface area contributed by atoms with Gasteiger partial charge in [0.1, 0.15) is 0 Å². The Kier molecular flexibility index (Phi) is 4.17. The summed E-state index contributed by atoms with van der Waals surface area (Å²) < 4.78 is 27.1. The summed E-state index contributed by atoms with van der Waals surface area (Å²) in [6.07, 6.45) is 0.944. The van der Waals surface area contributed by atoms with Crippen molar-refractivity contribution in [3.8, 4) is 0 Å². The van der Waals surface area contributed by atoms with Crippen molar-refractivity contribution in [2.24, 2.45) is 5.92 Å². The highest BCUT2D eigenvalue weighted by molar-refractivity contribution is 5.48. The molecule has 1 N–H and O–H groups in total. The van der Waals surface area contributed by atoms with Gasteiger partial charge in [0.05, 0.1) is 5.69 Å². The monoisotopic (exact) mass is 254 g/mol. The molecule has 0 aromatic heterocycles. The summed E-state index contributed by atoms with van der Waals surface area (Å²) >= 11 is 0. The lowest BCUT2D eigenvalue weighted by atomic mass is 10.0. The van der Waals surface area contributed by atoms with Crippen molar-refractivity contribution >= 4 is 5.69 Å². The smallest absolute Gasteiger partial charge is 0.182 e. The number of benzene rings is 1. The third-order valence-corrected chi connectivity index (χ3v) is 3.51. The highest BCUT2D eigenvalue weighted by Gasteiger charge is 2.22. The normalized spacial score (nSPS) is 21.2. The molecule has 4 heteroatoms. The van der Waals surface area contributed by atoms with Crippen LogP contribution in [0.2, 0.25) is 0 Å². The van der Waals surface area contributed by atoms with Crippen molar-refractivity contribution in [1.29, 1.82) is 0 Å². The van der Waals surface area contributed by atoms with Crippen LogP contribution in [0.25, 0.3) is 0 Å². The van der Waals surface area contributed by atoms with E-state index in [4.69, 9.17) is 0 Å². The molecule has 2 nitrogen and oxygen atoms in total. The van der Waals surface area contributed by atoms with Gasteiger partial charge >= 0.3 is 0 Å². The summed E-state index contributed by atoms with van der Waals surface area (Å²) in [5, 5.41) is 3.46. The number of hydrogen-bond donors (Lipinski definition) is 1. The fraction of sp³-hybridized carbons (Fsp3) is 0.571. The maximum absolute atomic E-state index is 13.8. The van der Waals surface area contributed by atoms with E-state index in [0.29, 0.717) is 17.6 Å². The van der Waals surface area contributed by atoms with Crippen LogP contribution >= 0.6 is 0 Å². The van der Waals surface area contributed by atoms with Crippen molar-refractivity contribution in [2.45, 2.75) is 26.3 Å². The number of anilines is 1. The third kappa shape index (κ3) is 2.80. The van der Waals surface area contributed by atoms with E-state index in [9.17, 15) is 8.78 Å². The Morgan fingerprint density at radius 1 is 1.33 bits per heavy atom. The highest BCUT2D eigenvalue weighted by Crippen LogP contribution is 2.23. The van der Waals surface area contributed by atoms with Crippen LogP contribution in [0.1, 0.15) is 20.3 Å². The molecule has 100 valence electrons. The molecule has 1 aromatic rings. The molecule has 2 rings (SSSR count). The van der Waals surface area contributed by atoms with Gasteiger partial charge in [0.15, 0.2) is 11.6 Å². The van der Waals surface area contributed by atoms with Crippen LogP contribution in [-0.4, -0.2) is 25.7 Å². The van der Waals surface area contributed by atoms with E-state index >= 15 is 0 Å². The standard InChI is InChI=1S/C14H20F2N2/c1-10(2)12-9-18(8-4-7-17-12)13-6-3-5-11(15)14(13)16/h3,5-6,10,12,17H,4,7-9H2,1-2H3. The average Bonchev–Trinajstić information content (AvgIpc) is 2.58. The fourth-order valence-corrected chi connectivity index (χ4v) is 2.35. The molecule has 1 aliphatic heterocycles. The topological polar surface area (TPSA) is 15.3 Å². The second kappa shape index (κ2) is 5.65. The zero-order valence-electron chi connectivity index (χ0n) is 10.9. The molecule has 1 heterocycles. The number of nitrogens with one attached hydrogen (secondary N) is 1. The first-order chi connectivity index (χ1) is 8.59. The van der Waals surface area contributed by atoms with Gasteiger partial charge in [-0.25, -0.2) is 8.78 Å². The molecular weight excluding hydrogens is 234 g/mol. The van der Waals surface area contributed by atoms with Gasteiger partial charge in [0.25, 0.3) is 0 Å². The Morgan fingerprint density at radius 2 is 2.11 bits per heavy atom. The molecule has 0 amide bonds. The van der Waals surface area contributed by atoms with Crippen LogP contribution < -0.4 is 10.2 Å². The summed E-state index contributed by atoms with van der Waals surface area (Å²) in [4.78, 5) is 1.95. The molecule has 1 aliphatic rings. The minimum absolute atomic E-state index is 0.315. The predicted molar refractivity (Wildman–Crippen MR) is 69.8 cm³/mol. The first kappa shape index (κ1) is 13.3. The first-order valence-electron chi connectivity index (χ1n) is 6.52. The van der Waals surface area contributed by atoms with E-state index in [1.54, 1.807) is 12.1 Å². The molecule has 0 saturated carbocycles. The zero-order valence-corrected chi connectivity index (χ0v) is 10.9. The van der Waals surface area contributed by atoms with E-state index in [1.807, 2.05) is 4.90 Å². The van der Waals surface area contributed by atoms with Gasteiger partial charge in [-0.15, -0.1) is 0 Å². The van der Waals surface area contributed by atoms with Crippen LogP contribution in [0, 0.1) is 17.6 Å². The lowest BCUT2D eigenvalue weighted by Crippen LogP contribution is -2.41. The Balaban J connectivity index is 2.22. The van der Waals surface area contributed by atoms with Crippen molar-refractivity contribution in [3.63, 3.8) is 0 Å². The van der Waals surface area contributed by atoms with E-state index < -0.39 is 11.6 Å². The molecular formula is C14H20F2N2. The molecule has 1 saturated heterocycles. The van der Waals surface area contributed by atoms with Crippen LogP contribution in [0.4, 0.5) is 14.5 Å². The van der Waals surface area contributed by atoms with Crippen LogP contribution in [-0.2, 0) is 0 Å². The van der Waals surface area contributed by atoms with Gasteiger partial charge in [-0.3, -0.25) is 0 Å². The van der Waals surface area contributed by atoms with Crippen LogP contribution in [0.5, 0.6) is 0 Å². The lowest BCUT2D eigenvalue weighted by Gasteiger charge is -2.28. The van der Waals surface area contributed by atoms with E-state index in [1.165, 1.54) is 0 Å². The average molecular weight is 254 g/mol. The van der Waals surface area contributed by atoms with Gasteiger partial charge in [-0.05, 0) is 31.0 Å². The number of nitrogens with zero attached hydrogens (tertiary/aromatic N) is 1. The second-order valence-corrected chi connectivity index (χ2v) is 5.18. The zero-order chi connectivity index (χ0) is 13.1. The maximum atomic E-state index is 13.8. The van der Waals surface area contributed by atoms with E-state index in [0.717, 1.165) is 32.1 Å². The van der Waals surface area contributed by atoms with Crippen molar-refractivity contribution in [3.05, 3.63) is 29.8 Å². The molecule has 0 radical (unpaired) electrons. The summed E-state index contributed by atoms with van der Waals surface area (Å²) in [7, 11) is 0. The van der Waals surface area contributed by atoms with Gasteiger partial charge in [0, 0.05) is 19.1 Å². The van der Waals surface area contributed by atoms with Crippen LogP contribution in [0.3, 0.4) is 0 Å². The van der Waals surface area contributed by atoms with E-state index in [-0.39, 0.29) is 0 Å². The Morgan fingerprint density at radius 3 is 2.83 bits per heavy atom. The fourth-order valence-electron chi connectivity index (χ4n) is 2.35. The third-order valence-electron chi connectivity index (χ3n) is 3.51. The maximum Gasteiger partial charge on any atom is 0.182 e. The molecule has 1 atom stereocenters. The van der Waals surface area contributed by atoms with Crippen molar-refractivity contribution < 1.29 is 8.78 Å². The van der Waals surface area contributed by atoms with Crippen molar-refractivity contribution in [2.75, 3.05) is 24.5 Å². The van der Waals surface area contributed by atoms with Crippen LogP contribution in [0.15, 0.2) is 18.2 Å². The SMILES string of the molecule is CC(C)C1CN(c2cccc(F)c2F)CCCN1. The molecule has 0 bridgehead atoms. The van der Waals surface area contributed by atoms with Gasteiger partial charge in [-0.1, -0.05) is 19.9 Å². The lowest BCUT2D eigenvalue weighted by molar-refractivity contribution is 0.418. The molecule has 1 fully saturated rings. The van der Waals surface area contributed by atoms with Gasteiger partial charge in [-0.2, -0.15) is 0 Å². The predicted octanol–water partition coefficient (Wildman–Crippen LogP) is 2.79. The largest absolute Gasteiger partial charge is 0.367 e. The summed E-state index contributed by atoms with van der Waals surface area (Å²) in [5.41, 5.74) is 0.379. The van der Waals surface area contributed by atoms with Gasteiger partial charge < -0.3 is 10.2 Å². The molecule has 18 heavy (non-hydrogen) atoms. The Bertz CT molecular complexity index is 407. The minimum atomic E-state index is -0.772. The molecule has 1 aromatic carbocycles. The quantitative estimate of drug-likeness (QED) is 0.873. The highest BCUT2D eigenvalue weighted by atomic mass is 19.2. The summed E-state index contributed by atoms with van der Waals surface area (Å²) in [6, 6.07) is 4.70. The van der Waals surface area contributed by atoms with Gasteiger partial charge in [0.2, 0.25) is 0 Å². The molecule has 1 unspecified atom stereocenters. The second-order valence-electron chi connectivity index (χ2n) is 5.18. The number of hydrogen-bond acceptors (Lipinski definition) is 2. The van der Waals surface area contributed by atoms with E-state index in [2.05, 4.69) is 19.2 Å². The Labute approximate surface area is 107 Å². The molecule has 0 aliphatic carbocycles. The Hall–Kier alpha value is -1.16. The number of halogens is 2. The minimum Gasteiger partial charge on any atom is -0.367 e. The summed E-state index contributed by atoms with van der Waals surface area (Å²) in [6.45, 7) is 6.69. The van der Waals surface area contributed by atoms with Crippen molar-refractivity contribution in [1.82, 2.24) is 5.32 Å². The summed E-state index contributed by atoms with van der Waals surface area (Å²) in [5.74, 6) is -1.03. The number of rotatable bonds is 2. The molecule has 0 spiro atoms.